The van der Waals surface area contributed by atoms with Crippen molar-refractivity contribution in [3.05, 3.63) is 35.4 Å². The fourth-order valence-corrected chi connectivity index (χ4v) is 2.82. The Hall–Kier alpha value is -1.07. The summed E-state index contributed by atoms with van der Waals surface area (Å²) in [5.41, 5.74) is 1.08. The maximum absolute atomic E-state index is 12.2. The number of hydrogen-bond donors (Lipinski definition) is 1. The molecule has 1 aromatic carbocycles. The van der Waals surface area contributed by atoms with Crippen LogP contribution in [0.5, 0.6) is 0 Å². The third-order valence-electron chi connectivity index (χ3n) is 3.89. The third-order valence-corrected chi connectivity index (χ3v) is 3.89. The molecule has 2 atom stereocenters. The molecule has 0 aromatic heterocycles. The predicted octanol–water partition coefficient (Wildman–Crippen LogP) is 4.17. The second kappa shape index (κ2) is 6.36. The summed E-state index contributed by atoms with van der Waals surface area (Å²) in [6.45, 7) is 2.17. The van der Waals surface area contributed by atoms with Crippen LogP contribution in [0.1, 0.15) is 49.8 Å². The Balaban J connectivity index is 1.94. The highest BCUT2D eigenvalue weighted by Gasteiger charge is 2.32. The number of rotatable bonds is 5. The Morgan fingerprint density at radius 1 is 1.24 bits per heavy atom. The Morgan fingerprint density at radius 3 is 2.67 bits per heavy atom. The monoisotopic (exact) mass is 302 g/mol. The lowest BCUT2D eigenvalue weighted by atomic mass is 9.87. The average molecular weight is 302 g/mol. The van der Waals surface area contributed by atoms with E-state index >= 15 is 0 Å². The van der Waals surface area contributed by atoms with Crippen LogP contribution in [0.3, 0.4) is 0 Å². The highest BCUT2D eigenvalue weighted by Crippen LogP contribution is 2.35. The van der Waals surface area contributed by atoms with Crippen LogP contribution in [-0.2, 0) is 11.2 Å². The summed E-state index contributed by atoms with van der Waals surface area (Å²) < 4.78 is 42.2. The lowest BCUT2D eigenvalue weighted by molar-refractivity contribution is -0.138. The standard InChI is InChI=1S/C16H21F3O2/c1-15(20,8-4-9-16(17,18)19)11-14-13-6-3-2-5-12(13)7-10-21-14/h2-3,5-6,14,20H,4,7-11H2,1H3. The molecule has 1 heterocycles. The lowest BCUT2D eigenvalue weighted by Gasteiger charge is -2.32. The molecule has 2 unspecified atom stereocenters. The average Bonchev–Trinajstić information content (AvgIpc) is 2.37. The first kappa shape index (κ1) is 16.3. The van der Waals surface area contributed by atoms with Gasteiger partial charge >= 0.3 is 6.18 Å². The van der Waals surface area contributed by atoms with Gasteiger partial charge in [-0.05, 0) is 37.3 Å². The van der Waals surface area contributed by atoms with E-state index in [0.29, 0.717) is 13.0 Å². The third kappa shape index (κ3) is 5.00. The van der Waals surface area contributed by atoms with Crippen LogP contribution in [0, 0.1) is 0 Å². The van der Waals surface area contributed by atoms with Crippen molar-refractivity contribution in [3.63, 3.8) is 0 Å². The molecule has 21 heavy (non-hydrogen) atoms. The molecular formula is C16H21F3O2. The van der Waals surface area contributed by atoms with Crippen molar-refractivity contribution in [2.75, 3.05) is 6.61 Å². The maximum Gasteiger partial charge on any atom is 0.389 e. The summed E-state index contributed by atoms with van der Waals surface area (Å²) in [6, 6.07) is 7.87. The van der Waals surface area contributed by atoms with Crippen molar-refractivity contribution in [1.29, 1.82) is 0 Å². The van der Waals surface area contributed by atoms with Crippen LogP contribution < -0.4 is 0 Å². The highest BCUT2D eigenvalue weighted by atomic mass is 19.4. The maximum atomic E-state index is 12.2. The molecule has 1 aliphatic rings. The first-order chi connectivity index (χ1) is 9.77. The fourth-order valence-electron chi connectivity index (χ4n) is 2.82. The van der Waals surface area contributed by atoms with E-state index in [2.05, 4.69) is 0 Å². The second-order valence-electron chi connectivity index (χ2n) is 5.98. The van der Waals surface area contributed by atoms with Crippen molar-refractivity contribution in [2.24, 2.45) is 0 Å². The Morgan fingerprint density at radius 2 is 1.95 bits per heavy atom. The summed E-state index contributed by atoms with van der Waals surface area (Å²) in [4.78, 5) is 0. The van der Waals surface area contributed by atoms with E-state index in [-0.39, 0.29) is 18.9 Å². The Labute approximate surface area is 122 Å². The topological polar surface area (TPSA) is 29.5 Å². The molecule has 118 valence electrons. The molecule has 0 aliphatic carbocycles. The Kier molecular flexibility index (Phi) is 4.94. The van der Waals surface area contributed by atoms with Crippen molar-refractivity contribution in [1.82, 2.24) is 0 Å². The van der Waals surface area contributed by atoms with Crippen LogP contribution >= 0.6 is 0 Å². The first-order valence-corrected chi connectivity index (χ1v) is 7.25. The zero-order chi connectivity index (χ0) is 15.5. The van der Waals surface area contributed by atoms with Crippen LogP contribution in [0.4, 0.5) is 13.2 Å². The number of ether oxygens (including phenoxy) is 1. The minimum atomic E-state index is -4.16. The quantitative estimate of drug-likeness (QED) is 0.884. The molecule has 5 heteroatoms. The zero-order valence-corrected chi connectivity index (χ0v) is 12.1. The molecule has 0 saturated carbocycles. The van der Waals surface area contributed by atoms with E-state index in [1.165, 1.54) is 5.56 Å². The summed E-state index contributed by atoms with van der Waals surface area (Å²) in [5.74, 6) is 0. The second-order valence-corrected chi connectivity index (χ2v) is 5.98. The van der Waals surface area contributed by atoms with Crippen LogP contribution in [-0.4, -0.2) is 23.5 Å². The molecule has 0 saturated heterocycles. The number of hydrogen-bond acceptors (Lipinski definition) is 2. The van der Waals surface area contributed by atoms with Gasteiger partial charge in [0.25, 0.3) is 0 Å². The summed E-state index contributed by atoms with van der Waals surface area (Å²) in [5, 5.41) is 10.3. The first-order valence-electron chi connectivity index (χ1n) is 7.25. The van der Waals surface area contributed by atoms with Gasteiger partial charge in [-0.25, -0.2) is 0 Å². The van der Waals surface area contributed by atoms with Crippen molar-refractivity contribution >= 4 is 0 Å². The van der Waals surface area contributed by atoms with Crippen LogP contribution in [0.2, 0.25) is 0 Å². The van der Waals surface area contributed by atoms with E-state index in [1.54, 1.807) is 6.92 Å². The van der Waals surface area contributed by atoms with Crippen molar-refractivity contribution in [2.45, 2.75) is 56.9 Å². The molecule has 0 fully saturated rings. The number of fused-ring (bicyclic) bond motifs is 1. The molecule has 0 bridgehead atoms. The molecule has 1 aromatic rings. The van der Waals surface area contributed by atoms with E-state index in [1.807, 2.05) is 24.3 Å². The molecular weight excluding hydrogens is 281 g/mol. The molecule has 0 radical (unpaired) electrons. The van der Waals surface area contributed by atoms with Gasteiger partial charge in [0.05, 0.1) is 18.3 Å². The molecule has 0 amide bonds. The van der Waals surface area contributed by atoms with E-state index < -0.39 is 18.2 Å². The predicted molar refractivity (Wildman–Crippen MR) is 74.0 cm³/mol. The van der Waals surface area contributed by atoms with E-state index in [0.717, 1.165) is 12.0 Å². The summed E-state index contributed by atoms with van der Waals surface area (Å²) >= 11 is 0. The van der Waals surface area contributed by atoms with Gasteiger partial charge in [0.2, 0.25) is 0 Å². The summed E-state index contributed by atoms with van der Waals surface area (Å²) in [7, 11) is 0. The Bertz CT molecular complexity index is 469. The van der Waals surface area contributed by atoms with Gasteiger partial charge in [-0.3, -0.25) is 0 Å². The summed E-state index contributed by atoms with van der Waals surface area (Å²) in [6.07, 6.45) is -4.05. The SMILES string of the molecule is CC(O)(CCCC(F)(F)F)CC1OCCc2ccccc21. The highest BCUT2D eigenvalue weighted by molar-refractivity contribution is 5.31. The normalized spacial score (nSPS) is 21.7. The molecule has 2 rings (SSSR count). The largest absolute Gasteiger partial charge is 0.390 e. The number of alkyl halides is 3. The van der Waals surface area contributed by atoms with Crippen LogP contribution in [0.15, 0.2) is 24.3 Å². The van der Waals surface area contributed by atoms with Crippen molar-refractivity contribution in [3.8, 4) is 0 Å². The smallest absolute Gasteiger partial charge is 0.389 e. The number of aliphatic hydroxyl groups is 1. The molecule has 2 nitrogen and oxygen atoms in total. The number of benzene rings is 1. The molecule has 1 aliphatic heterocycles. The van der Waals surface area contributed by atoms with Crippen molar-refractivity contribution < 1.29 is 23.0 Å². The van der Waals surface area contributed by atoms with Gasteiger partial charge in [0.1, 0.15) is 0 Å². The van der Waals surface area contributed by atoms with Gasteiger partial charge in [0.15, 0.2) is 0 Å². The fraction of sp³-hybridized carbons (Fsp3) is 0.625. The van der Waals surface area contributed by atoms with Gasteiger partial charge in [-0.1, -0.05) is 24.3 Å². The van der Waals surface area contributed by atoms with Gasteiger partial charge < -0.3 is 9.84 Å². The minimum absolute atomic E-state index is 0.0646. The van der Waals surface area contributed by atoms with E-state index in [9.17, 15) is 18.3 Å². The minimum Gasteiger partial charge on any atom is -0.390 e. The van der Waals surface area contributed by atoms with Gasteiger partial charge in [0, 0.05) is 12.8 Å². The zero-order valence-electron chi connectivity index (χ0n) is 12.1. The van der Waals surface area contributed by atoms with E-state index in [4.69, 9.17) is 4.74 Å². The number of halogens is 3. The molecule has 1 N–H and O–H groups in total. The van der Waals surface area contributed by atoms with Gasteiger partial charge in [-0.15, -0.1) is 0 Å². The molecule has 0 spiro atoms. The van der Waals surface area contributed by atoms with Gasteiger partial charge in [-0.2, -0.15) is 13.2 Å². The van der Waals surface area contributed by atoms with Crippen LogP contribution in [0.25, 0.3) is 0 Å². The lowest BCUT2D eigenvalue weighted by Crippen LogP contribution is -2.30.